The Labute approximate surface area is 131 Å². The van der Waals surface area contributed by atoms with Crippen LogP contribution < -0.4 is 10.1 Å². The number of benzene rings is 1. The minimum atomic E-state index is -0.158. The van der Waals surface area contributed by atoms with Crippen LogP contribution in [0.15, 0.2) is 18.2 Å². The third kappa shape index (κ3) is 3.42. The molecule has 22 heavy (non-hydrogen) atoms. The Morgan fingerprint density at radius 2 is 2.00 bits per heavy atom. The number of nitrogens with one attached hydrogen (secondary N) is 1. The molecule has 2 heterocycles. The molecule has 0 amide bonds. The highest BCUT2D eigenvalue weighted by Crippen LogP contribution is 2.37. The van der Waals surface area contributed by atoms with E-state index in [4.69, 9.17) is 9.47 Å². The fourth-order valence-electron chi connectivity index (χ4n) is 3.62. The molecule has 1 aromatic rings. The molecular weight excluding hydrogens is 283 g/mol. The second kappa shape index (κ2) is 7.40. The van der Waals surface area contributed by atoms with Gasteiger partial charge in [0.15, 0.2) is 0 Å². The Bertz CT molecular complexity index is 468. The average molecular weight is 308 g/mol. The molecule has 2 aliphatic rings. The molecule has 0 spiro atoms. The first-order valence-corrected chi connectivity index (χ1v) is 8.15. The number of methoxy groups -OCH3 is 1. The van der Waals surface area contributed by atoms with Crippen LogP contribution in [0.2, 0.25) is 0 Å². The minimum Gasteiger partial charge on any atom is -0.497 e. The second-order valence-corrected chi connectivity index (χ2v) is 6.07. The van der Waals surface area contributed by atoms with E-state index in [0.717, 1.165) is 57.8 Å². The molecule has 0 unspecified atom stereocenters. The summed E-state index contributed by atoms with van der Waals surface area (Å²) >= 11 is 0. The monoisotopic (exact) mass is 308 g/mol. The third-order valence-electron chi connectivity index (χ3n) is 4.78. The molecule has 3 rings (SSSR count). The molecule has 4 nitrogen and oxygen atoms in total. The van der Waals surface area contributed by atoms with E-state index in [2.05, 4.69) is 10.2 Å². The maximum atomic E-state index is 14.6. The van der Waals surface area contributed by atoms with Crippen LogP contribution >= 0.6 is 0 Å². The molecule has 122 valence electrons. The van der Waals surface area contributed by atoms with E-state index in [9.17, 15) is 4.39 Å². The second-order valence-electron chi connectivity index (χ2n) is 6.07. The Morgan fingerprint density at radius 3 is 2.64 bits per heavy atom. The summed E-state index contributed by atoms with van der Waals surface area (Å²) in [4.78, 5) is 2.43. The topological polar surface area (TPSA) is 33.7 Å². The number of hydrogen-bond donors (Lipinski definition) is 1. The lowest BCUT2D eigenvalue weighted by atomic mass is 9.85. The highest BCUT2D eigenvalue weighted by molar-refractivity contribution is 5.31. The van der Waals surface area contributed by atoms with Crippen molar-refractivity contribution in [2.75, 3.05) is 46.5 Å². The van der Waals surface area contributed by atoms with Gasteiger partial charge in [-0.2, -0.15) is 0 Å². The first-order valence-electron chi connectivity index (χ1n) is 8.15. The first-order chi connectivity index (χ1) is 10.8. The summed E-state index contributed by atoms with van der Waals surface area (Å²) in [6.07, 6.45) is 2.00. The summed E-state index contributed by atoms with van der Waals surface area (Å²) in [5, 5.41) is 3.38. The van der Waals surface area contributed by atoms with Gasteiger partial charge in [-0.3, -0.25) is 4.90 Å². The zero-order valence-corrected chi connectivity index (χ0v) is 13.2. The van der Waals surface area contributed by atoms with E-state index in [0.29, 0.717) is 11.7 Å². The van der Waals surface area contributed by atoms with Crippen LogP contribution in [0.1, 0.15) is 24.4 Å². The van der Waals surface area contributed by atoms with Crippen LogP contribution in [0.3, 0.4) is 0 Å². The normalized spacial score (nSPS) is 22.5. The molecule has 1 atom stereocenters. The highest BCUT2D eigenvalue weighted by Gasteiger charge is 2.32. The molecule has 0 radical (unpaired) electrons. The summed E-state index contributed by atoms with van der Waals surface area (Å²) in [5.41, 5.74) is 0.801. The average Bonchev–Trinajstić information content (AvgIpc) is 2.58. The van der Waals surface area contributed by atoms with Crippen molar-refractivity contribution in [2.45, 2.75) is 18.9 Å². The molecule has 2 fully saturated rings. The van der Waals surface area contributed by atoms with E-state index < -0.39 is 0 Å². The van der Waals surface area contributed by atoms with Crippen LogP contribution in [0.5, 0.6) is 5.75 Å². The SMILES string of the molecule is COc1ccc([C@@H](C2CCOCC2)N2CCNCC2)c(F)c1. The van der Waals surface area contributed by atoms with Gasteiger partial charge in [0.2, 0.25) is 0 Å². The van der Waals surface area contributed by atoms with E-state index in [1.807, 2.05) is 12.1 Å². The van der Waals surface area contributed by atoms with E-state index >= 15 is 0 Å². The van der Waals surface area contributed by atoms with Gasteiger partial charge in [-0.1, -0.05) is 6.07 Å². The first kappa shape index (κ1) is 15.7. The summed E-state index contributed by atoms with van der Waals surface area (Å²) in [6, 6.07) is 5.41. The van der Waals surface area contributed by atoms with Crippen molar-refractivity contribution >= 4 is 0 Å². The van der Waals surface area contributed by atoms with Crippen molar-refractivity contribution in [1.29, 1.82) is 0 Å². The van der Waals surface area contributed by atoms with Crippen LogP contribution in [0.4, 0.5) is 4.39 Å². The van der Waals surface area contributed by atoms with Crippen LogP contribution in [0, 0.1) is 11.7 Å². The Kier molecular flexibility index (Phi) is 5.28. The quantitative estimate of drug-likeness (QED) is 0.925. The van der Waals surface area contributed by atoms with E-state index in [-0.39, 0.29) is 11.9 Å². The van der Waals surface area contributed by atoms with Crippen molar-refractivity contribution in [1.82, 2.24) is 10.2 Å². The Balaban J connectivity index is 1.89. The fraction of sp³-hybridized carbons (Fsp3) is 0.647. The standard InChI is InChI=1S/C17H25FN2O2/c1-21-14-2-3-15(16(18)12-14)17(13-4-10-22-11-5-13)20-8-6-19-7-9-20/h2-3,12-13,17,19H,4-11H2,1H3/t17-/m1/s1. The van der Waals surface area contributed by atoms with Crippen molar-refractivity contribution in [3.63, 3.8) is 0 Å². The van der Waals surface area contributed by atoms with Crippen LogP contribution in [-0.2, 0) is 4.74 Å². The van der Waals surface area contributed by atoms with E-state index in [1.165, 1.54) is 6.07 Å². The molecular formula is C17H25FN2O2. The van der Waals surface area contributed by atoms with Crippen molar-refractivity contribution in [3.05, 3.63) is 29.6 Å². The van der Waals surface area contributed by atoms with Gasteiger partial charge in [0.05, 0.1) is 7.11 Å². The summed E-state index contributed by atoms with van der Waals surface area (Å²) in [5.74, 6) is 0.872. The number of halogens is 1. The number of piperazine rings is 1. The number of nitrogens with zero attached hydrogens (tertiary/aromatic N) is 1. The van der Waals surface area contributed by atoms with Gasteiger partial charge < -0.3 is 14.8 Å². The van der Waals surface area contributed by atoms with Crippen LogP contribution in [0.25, 0.3) is 0 Å². The lowest BCUT2D eigenvalue weighted by Crippen LogP contribution is -2.47. The van der Waals surface area contributed by atoms with Gasteiger partial charge in [-0.15, -0.1) is 0 Å². The molecule has 0 aromatic heterocycles. The largest absolute Gasteiger partial charge is 0.497 e. The maximum Gasteiger partial charge on any atom is 0.131 e. The van der Waals surface area contributed by atoms with Gasteiger partial charge in [-0.25, -0.2) is 4.39 Å². The number of rotatable bonds is 4. The van der Waals surface area contributed by atoms with Crippen LogP contribution in [-0.4, -0.2) is 51.4 Å². The molecule has 5 heteroatoms. The lowest BCUT2D eigenvalue weighted by Gasteiger charge is -2.41. The molecule has 0 saturated carbocycles. The zero-order chi connectivity index (χ0) is 15.4. The highest BCUT2D eigenvalue weighted by atomic mass is 19.1. The predicted octanol–water partition coefficient (Wildman–Crippen LogP) is 2.21. The van der Waals surface area contributed by atoms with Crippen molar-refractivity contribution in [3.8, 4) is 5.75 Å². The summed E-state index contributed by atoms with van der Waals surface area (Å²) < 4.78 is 25.3. The van der Waals surface area contributed by atoms with E-state index in [1.54, 1.807) is 7.11 Å². The Hall–Kier alpha value is -1.17. The van der Waals surface area contributed by atoms with Gasteiger partial charge in [0.1, 0.15) is 11.6 Å². The molecule has 2 aliphatic heterocycles. The van der Waals surface area contributed by atoms with Crippen molar-refractivity contribution < 1.29 is 13.9 Å². The smallest absolute Gasteiger partial charge is 0.131 e. The summed E-state index contributed by atoms with van der Waals surface area (Å²) in [6.45, 7) is 5.44. The Morgan fingerprint density at radius 1 is 1.27 bits per heavy atom. The maximum absolute atomic E-state index is 14.6. The van der Waals surface area contributed by atoms with Crippen molar-refractivity contribution in [2.24, 2.45) is 5.92 Å². The molecule has 1 aromatic carbocycles. The number of hydrogen-bond acceptors (Lipinski definition) is 4. The van der Waals surface area contributed by atoms with Gasteiger partial charge >= 0.3 is 0 Å². The zero-order valence-electron chi connectivity index (χ0n) is 13.2. The third-order valence-corrected chi connectivity index (χ3v) is 4.78. The summed E-state index contributed by atoms with van der Waals surface area (Å²) in [7, 11) is 1.57. The molecule has 1 N–H and O–H groups in total. The molecule has 0 aliphatic carbocycles. The minimum absolute atomic E-state index is 0.136. The number of ether oxygens (including phenoxy) is 2. The van der Waals surface area contributed by atoms with Gasteiger partial charge in [0.25, 0.3) is 0 Å². The van der Waals surface area contributed by atoms with Gasteiger partial charge in [0, 0.05) is 57.1 Å². The van der Waals surface area contributed by atoms with Gasteiger partial charge in [-0.05, 0) is 24.8 Å². The molecule has 0 bridgehead atoms. The molecule has 2 saturated heterocycles. The lowest BCUT2D eigenvalue weighted by molar-refractivity contribution is 0.0202. The fourth-order valence-corrected chi connectivity index (χ4v) is 3.62. The predicted molar refractivity (Wildman–Crippen MR) is 83.7 cm³/mol.